The number of aliphatic carboxylic acids is 1. The average Bonchev–Trinajstić information content (AvgIpc) is 3.46. The number of hydrogen-bond donors (Lipinski definition) is 3. The van der Waals surface area contributed by atoms with E-state index in [1.54, 1.807) is 0 Å². The summed E-state index contributed by atoms with van der Waals surface area (Å²) in [5.74, 6) is -1.12. The number of alkyl carbamates (subject to hydrolysis) is 1. The number of nitrogens with one attached hydrogen (secondary N) is 2. The number of ether oxygens (including phenoxy) is 2. The summed E-state index contributed by atoms with van der Waals surface area (Å²) in [5.41, 5.74) is 4.08. The summed E-state index contributed by atoms with van der Waals surface area (Å²) in [5, 5.41) is 14.2. The zero-order valence-corrected chi connectivity index (χ0v) is 18.3. The van der Waals surface area contributed by atoms with E-state index in [2.05, 4.69) is 34.9 Å². The lowest BCUT2D eigenvalue weighted by Gasteiger charge is -2.19. The van der Waals surface area contributed by atoms with Gasteiger partial charge in [-0.05, 0) is 35.1 Å². The Morgan fingerprint density at radius 1 is 0.970 bits per heavy atom. The van der Waals surface area contributed by atoms with Crippen LogP contribution in [0, 0.1) is 0 Å². The van der Waals surface area contributed by atoms with E-state index in [0.29, 0.717) is 6.54 Å². The summed E-state index contributed by atoms with van der Waals surface area (Å²) in [7, 11) is 0. The summed E-state index contributed by atoms with van der Waals surface area (Å²) >= 11 is 0. The minimum absolute atomic E-state index is 0.0114. The molecule has 4 rings (SSSR count). The first kappa shape index (κ1) is 22.8. The zero-order chi connectivity index (χ0) is 23.3. The second-order valence-corrected chi connectivity index (χ2v) is 8.51. The van der Waals surface area contributed by atoms with E-state index < -0.39 is 17.6 Å². The predicted molar refractivity (Wildman–Crippen MR) is 121 cm³/mol. The number of rotatable bonds is 11. The second kappa shape index (κ2) is 10.0. The first-order chi connectivity index (χ1) is 16.0. The highest BCUT2D eigenvalue weighted by Crippen LogP contribution is 2.44. The molecule has 0 bridgehead atoms. The van der Waals surface area contributed by atoms with Crippen LogP contribution in [0.2, 0.25) is 0 Å². The summed E-state index contributed by atoms with van der Waals surface area (Å²) in [4.78, 5) is 35.2. The first-order valence-corrected chi connectivity index (χ1v) is 11.2. The van der Waals surface area contributed by atoms with Gasteiger partial charge in [-0.3, -0.25) is 9.59 Å². The Balaban J connectivity index is 1.23. The van der Waals surface area contributed by atoms with Crippen molar-refractivity contribution >= 4 is 18.0 Å². The largest absolute Gasteiger partial charge is 0.481 e. The van der Waals surface area contributed by atoms with Crippen molar-refractivity contribution in [3.63, 3.8) is 0 Å². The molecule has 3 N–H and O–H groups in total. The molecule has 0 aliphatic heterocycles. The molecule has 0 spiro atoms. The number of carbonyl (C=O) groups is 3. The smallest absolute Gasteiger partial charge is 0.407 e. The highest BCUT2D eigenvalue weighted by molar-refractivity contribution is 5.80. The molecule has 1 saturated carbocycles. The van der Waals surface area contributed by atoms with Gasteiger partial charge in [-0.2, -0.15) is 0 Å². The Bertz CT molecular complexity index is 988. The third-order valence-corrected chi connectivity index (χ3v) is 6.09. The maximum atomic E-state index is 12.5. The summed E-state index contributed by atoms with van der Waals surface area (Å²) in [6, 6.07) is 16.3. The fourth-order valence-corrected chi connectivity index (χ4v) is 4.24. The van der Waals surface area contributed by atoms with E-state index >= 15 is 0 Å². The van der Waals surface area contributed by atoms with Crippen molar-refractivity contribution in [2.45, 2.75) is 37.1 Å². The lowest BCUT2D eigenvalue weighted by molar-refractivity contribution is -0.138. The molecule has 0 heterocycles. The van der Waals surface area contributed by atoms with Crippen LogP contribution in [-0.4, -0.2) is 55.0 Å². The average molecular weight is 453 g/mol. The van der Waals surface area contributed by atoms with Crippen LogP contribution in [-0.2, 0) is 19.1 Å². The van der Waals surface area contributed by atoms with E-state index in [-0.39, 0.29) is 44.5 Å². The molecule has 8 nitrogen and oxygen atoms in total. The van der Waals surface area contributed by atoms with Gasteiger partial charge in [0.2, 0.25) is 5.91 Å². The molecule has 2 aliphatic rings. The fraction of sp³-hybridized carbons (Fsp3) is 0.400. The monoisotopic (exact) mass is 452 g/mol. The quantitative estimate of drug-likeness (QED) is 0.452. The van der Waals surface area contributed by atoms with Gasteiger partial charge in [-0.1, -0.05) is 48.5 Å². The van der Waals surface area contributed by atoms with E-state index in [1.165, 1.54) is 11.1 Å². The summed E-state index contributed by atoms with van der Waals surface area (Å²) in [6.07, 6.45) is 1.03. The third-order valence-electron chi connectivity index (χ3n) is 6.09. The van der Waals surface area contributed by atoms with Gasteiger partial charge in [0.1, 0.15) is 6.61 Å². The minimum atomic E-state index is -0.922. The van der Waals surface area contributed by atoms with Crippen LogP contribution in [0.5, 0.6) is 0 Å². The molecular formula is C25H28N2O6. The van der Waals surface area contributed by atoms with Crippen molar-refractivity contribution in [3.05, 3.63) is 59.7 Å². The summed E-state index contributed by atoms with van der Waals surface area (Å²) in [6.45, 7) is 0.875. The predicted octanol–water partition coefficient (Wildman–Crippen LogP) is 3.06. The lowest BCUT2D eigenvalue weighted by Crippen LogP contribution is -2.42. The number of hydrogen-bond acceptors (Lipinski definition) is 5. The van der Waals surface area contributed by atoms with Crippen LogP contribution in [0.3, 0.4) is 0 Å². The molecular weight excluding hydrogens is 424 g/mol. The molecule has 8 heteroatoms. The Labute approximate surface area is 192 Å². The van der Waals surface area contributed by atoms with E-state index in [9.17, 15) is 14.4 Å². The molecule has 2 aromatic carbocycles. The molecule has 0 saturated heterocycles. The van der Waals surface area contributed by atoms with E-state index in [1.807, 2.05) is 24.3 Å². The molecule has 0 radical (unpaired) electrons. The van der Waals surface area contributed by atoms with Crippen molar-refractivity contribution in [2.75, 3.05) is 26.4 Å². The first-order valence-electron chi connectivity index (χ1n) is 11.2. The second-order valence-electron chi connectivity index (χ2n) is 8.51. The fourth-order valence-electron chi connectivity index (χ4n) is 4.24. The number of carboxylic acid groups (broad SMARTS) is 1. The van der Waals surface area contributed by atoms with Gasteiger partial charge in [0.15, 0.2) is 0 Å². The zero-order valence-electron chi connectivity index (χ0n) is 18.3. The highest BCUT2D eigenvalue weighted by Gasteiger charge is 2.46. The Kier molecular flexibility index (Phi) is 6.93. The van der Waals surface area contributed by atoms with Crippen molar-refractivity contribution in [2.24, 2.45) is 0 Å². The number of carbonyl (C=O) groups excluding carboxylic acids is 2. The molecule has 174 valence electrons. The molecule has 2 aromatic rings. The lowest BCUT2D eigenvalue weighted by atomic mass is 9.98. The third kappa shape index (κ3) is 5.70. The van der Waals surface area contributed by atoms with E-state index in [0.717, 1.165) is 24.0 Å². The van der Waals surface area contributed by atoms with Crippen LogP contribution in [0.25, 0.3) is 11.1 Å². The van der Waals surface area contributed by atoms with Crippen molar-refractivity contribution in [1.29, 1.82) is 0 Å². The number of benzene rings is 2. The number of amides is 2. The Hall–Kier alpha value is -3.39. The molecule has 1 fully saturated rings. The van der Waals surface area contributed by atoms with Crippen molar-refractivity contribution in [1.82, 2.24) is 10.6 Å². The molecule has 33 heavy (non-hydrogen) atoms. The molecule has 0 unspecified atom stereocenters. The number of fused-ring (bicyclic) bond motifs is 3. The van der Waals surface area contributed by atoms with Gasteiger partial charge in [-0.25, -0.2) is 4.79 Å². The molecule has 2 aliphatic carbocycles. The van der Waals surface area contributed by atoms with Crippen LogP contribution >= 0.6 is 0 Å². The van der Waals surface area contributed by atoms with Crippen LogP contribution < -0.4 is 10.6 Å². The maximum Gasteiger partial charge on any atom is 0.407 e. The van der Waals surface area contributed by atoms with Gasteiger partial charge >= 0.3 is 12.1 Å². The van der Waals surface area contributed by atoms with Crippen molar-refractivity contribution < 1.29 is 29.0 Å². The van der Waals surface area contributed by atoms with Crippen molar-refractivity contribution in [3.8, 4) is 11.1 Å². The van der Waals surface area contributed by atoms with Crippen LogP contribution in [0.15, 0.2) is 48.5 Å². The SMILES string of the molecule is O=C(O)CCOCCNC(=O)CC1(NC(=O)OCC2c3ccccc3-c3ccccc32)CC1. The normalized spacial score (nSPS) is 15.3. The maximum absolute atomic E-state index is 12.5. The van der Waals surface area contributed by atoms with Crippen LogP contribution in [0.4, 0.5) is 4.79 Å². The summed E-state index contributed by atoms with van der Waals surface area (Å²) < 4.78 is 10.7. The van der Waals surface area contributed by atoms with Gasteiger partial charge in [0.05, 0.1) is 25.2 Å². The number of carboxylic acids is 1. The highest BCUT2D eigenvalue weighted by atomic mass is 16.5. The van der Waals surface area contributed by atoms with E-state index in [4.69, 9.17) is 14.6 Å². The topological polar surface area (TPSA) is 114 Å². The Morgan fingerprint density at radius 3 is 2.21 bits per heavy atom. The standard InChI is InChI=1S/C25H28N2O6/c28-22(26-12-14-32-13-9-23(29)30)15-25(10-11-25)27-24(31)33-16-21-19-7-3-1-5-17(19)18-6-2-4-8-20(18)21/h1-8,21H,9-16H2,(H,26,28)(H,27,31)(H,29,30). The minimum Gasteiger partial charge on any atom is -0.481 e. The molecule has 0 aromatic heterocycles. The van der Waals surface area contributed by atoms with Crippen LogP contribution in [0.1, 0.15) is 42.7 Å². The van der Waals surface area contributed by atoms with Gasteiger partial charge in [-0.15, -0.1) is 0 Å². The van der Waals surface area contributed by atoms with Gasteiger partial charge in [0.25, 0.3) is 0 Å². The molecule has 0 atom stereocenters. The molecule has 2 amide bonds. The van der Waals surface area contributed by atoms with Gasteiger partial charge in [0, 0.05) is 18.9 Å². The Morgan fingerprint density at radius 2 is 1.61 bits per heavy atom. The van der Waals surface area contributed by atoms with Gasteiger partial charge < -0.3 is 25.2 Å².